The van der Waals surface area contributed by atoms with Gasteiger partial charge in [0.15, 0.2) is 5.76 Å². The minimum absolute atomic E-state index is 0.0708. The zero-order valence-electron chi connectivity index (χ0n) is 14.0. The summed E-state index contributed by atoms with van der Waals surface area (Å²) in [5.74, 6) is -0.154. The number of nitrogens with one attached hydrogen (secondary N) is 2. The molecule has 1 aliphatic carbocycles. The van der Waals surface area contributed by atoms with Gasteiger partial charge >= 0.3 is 0 Å². The summed E-state index contributed by atoms with van der Waals surface area (Å²) < 4.78 is 5.11. The lowest BCUT2D eigenvalue weighted by Gasteiger charge is -2.22. The summed E-state index contributed by atoms with van der Waals surface area (Å²) in [7, 11) is 0. The van der Waals surface area contributed by atoms with E-state index in [0.717, 1.165) is 44.5 Å². The summed E-state index contributed by atoms with van der Waals surface area (Å²) >= 11 is 0. The molecule has 0 spiro atoms. The Morgan fingerprint density at radius 1 is 1.08 bits per heavy atom. The molecule has 2 amide bonds. The number of carbonyl (C=O) groups is 2. The lowest BCUT2D eigenvalue weighted by atomic mass is 10.1. The third-order valence-corrected chi connectivity index (χ3v) is 4.60. The van der Waals surface area contributed by atoms with Crippen molar-refractivity contribution < 1.29 is 14.0 Å². The van der Waals surface area contributed by atoms with Crippen molar-refractivity contribution in [2.24, 2.45) is 0 Å². The van der Waals surface area contributed by atoms with Gasteiger partial charge in [0.25, 0.3) is 11.8 Å². The summed E-state index contributed by atoms with van der Waals surface area (Å²) in [5.41, 5.74) is 2.14. The molecule has 1 aromatic heterocycles. The first-order chi connectivity index (χ1) is 12.2. The molecule has 4 rings (SSSR count). The average Bonchev–Trinajstić information content (AvgIpc) is 3.10. The molecule has 0 radical (unpaired) electrons. The van der Waals surface area contributed by atoms with Crippen molar-refractivity contribution in [3.8, 4) is 0 Å². The lowest BCUT2D eigenvalue weighted by molar-refractivity contribution is 0.0949. The molecule has 1 aliphatic heterocycles. The number of hydrogen-bond donors (Lipinski definition) is 2. The minimum Gasteiger partial charge on any atom is -0.459 e. The zero-order chi connectivity index (χ0) is 17.2. The Kier molecular flexibility index (Phi) is 4.17. The molecule has 2 aliphatic rings. The molecular formula is C19H21N3O3. The number of benzene rings is 1. The van der Waals surface area contributed by atoms with Gasteiger partial charge in [-0.15, -0.1) is 0 Å². The molecule has 6 nitrogen and oxygen atoms in total. The SMILES string of the molecule is O=C(Nc1ccc(N2CCCC2)c(C(=O)NC2CC2)c1)c1ccco1. The topological polar surface area (TPSA) is 74.6 Å². The second-order valence-electron chi connectivity index (χ2n) is 6.61. The third-order valence-electron chi connectivity index (χ3n) is 4.60. The van der Waals surface area contributed by atoms with Crippen LogP contribution in [-0.4, -0.2) is 30.9 Å². The van der Waals surface area contributed by atoms with Crippen LogP contribution in [0.3, 0.4) is 0 Å². The second kappa shape index (κ2) is 6.63. The van der Waals surface area contributed by atoms with Crippen LogP contribution in [0, 0.1) is 0 Å². The summed E-state index contributed by atoms with van der Waals surface area (Å²) in [6.07, 6.45) is 5.82. The molecule has 6 heteroatoms. The monoisotopic (exact) mass is 339 g/mol. The fourth-order valence-corrected chi connectivity index (χ4v) is 3.12. The van der Waals surface area contributed by atoms with E-state index in [1.165, 1.54) is 6.26 Å². The van der Waals surface area contributed by atoms with Crippen molar-refractivity contribution in [2.75, 3.05) is 23.3 Å². The fraction of sp³-hybridized carbons (Fsp3) is 0.368. The quantitative estimate of drug-likeness (QED) is 0.878. The van der Waals surface area contributed by atoms with Gasteiger partial charge in [0, 0.05) is 30.5 Å². The highest BCUT2D eigenvalue weighted by Crippen LogP contribution is 2.29. The maximum Gasteiger partial charge on any atom is 0.291 e. The van der Waals surface area contributed by atoms with Gasteiger partial charge in [-0.2, -0.15) is 0 Å². The molecule has 0 bridgehead atoms. The smallest absolute Gasteiger partial charge is 0.291 e. The van der Waals surface area contributed by atoms with E-state index < -0.39 is 0 Å². The van der Waals surface area contributed by atoms with Crippen LogP contribution in [0.4, 0.5) is 11.4 Å². The van der Waals surface area contributed by atoms with Gasteiger partial charge < -0.3 is 20.0 Å². The van der Waals surface area contributed by atoms with Gasteiger partial charge in [0.1, 0.15) is 0 Å². The van der Waals surface area contributed by atoms with E-state index in [9.17, 15) is 9.59 Å². The molecular weight excluding hydrogens is 318 g/mol. The van der Waals surface area contributed by atoms with Crippen LogP contribution in [-0.2, 0) is 0 Å². The first-order valence-corrected chi connectivity index (χ1v) is 8.75. The van der Waals surface area contributed by atoms with Crippen molar-refractivity contribution in [2.45, 2.75) is 31.7 Å². The molecule has 1 saturated heterocycles. The minimum atomic E-state index is -0.326. The Hall–Kier alpha value is -2.76. The van der Waals surface area contributed by atoms with Crippen molar-refractivity contribution in [3.63, 3.8) is 0 Å². The van der Waals surface area contributed by atoms with E-state index in [1.807, 2.05) is 12.1 Å². The van der Waals surface area contributed by atoms with Gasteiger partial charge in [-0.25, -0.2) is 0 Å². The van der Waals surface area contributed by atoms with Crippen LogP contribution >= 0.6 is 0 Å². The fourth-order valence-electron chi connectivity index (χ4n) is 3.12. The largest absolute Gasteiger partial charge is 0.459 e. The van der Waals surface area contributed by atoms with E-state index in [-0.39, 0.29) is 17.6 Å². The molecule has 25 heavy (non-hydrogen) atoms. The van der Waals surface area contributed by atoms with Crippen LogP contribution in [0.25, 0.3) is 0 Å². The predicted molar refractivity (Wildman–Crippen MR) is 95.0 cm³/mol. The predicted octanol–water partition coefficient (Wildman–Crippen LogP) is 3.02. The molecule has 2 heterocycles. The number of anilines is 2. The third kappa shape index (κ3) is 3.52. The number of carbonyl (C=O) groups excluding carboxylic acids is 2. The number of nitrogens with zero attached hydrogens (tertiary/aromatic N) is 1. The first-order valence-electron chi connectivity index (χ1n) is 8.75. The van der Waals surface area contributed by atoms with Gasteiger partial charge in [0.05, 0.1) is 11.8 Å². The Labute approximate surface area is 146 Å². The van der Waals surface area contributed by atoms with Crippen LogP contribution in [0.5, 0.6) is 0 Å². The van der Waals surface area contributed by atoms with E-state index in [2.05, 4.69) is 15.5 Å². The molecule has 0 atom stereocenters. The highest BCUT2D eigenvalue weighted by atomic mass is 16.3. The van der Waals surface area contributed by atoms with Gasteiger partial charge in [-0.3, -0.25) is 9.59 Å². The standard InChI is InChI=1S/C19H21N3O3/c23-18(20-13-5-6-13)15-12-14(21-19(24)17-4-3-11-25-17)7-8-16(15)22-9-1-2-10-22/h3-4,7-8,11-13H,1-2,5-6,9-10H2,(H,20,23)(H,21,24). The van der Waals surface area contributed by atoms with Crippen molar-refractivity contribution >= 4 is 23.2 Å². The number of rotatable bonds is 5. The lowest BCUT2D eigenvalue weighted by Crippen LogP contribution is -2.29. The van der Waals surface area contributed by atoms with E-state index in [4.69, 9.17) is 4.42 Å². The molecule has 130 valence electrons. The summed E-state index contributed by atoms with van der Waals surface area (Å²) in [6.45, 7) is 1.92. The second-order valence-corrected chi connectivity index (χ2v) is 6.61. The van der Waals surface area contributed by atoms with E-state index in [0.29, 0.717) is 17.3 Å². The Bertz CT molecular complexity index is 775. The van der Waals surface area contributed by atoms with Gasteiger partial charge in [-0.05, 0) is 56.0 Å². The highest BCUT2D eigenvalue weighted by molar-refractivity contribution is 6.05. The number of furan rings is 1. The van der Waals surface area contributed by atoms with Crippen molar-refractivity contribution in [1.82, 2.24) is 5.32 Å². The highest BCUT2D eigenvalue weighted by Gasteiger charge is 2.27. The van der Waals surface area contributed by atoms with Gasteiger partial charge in [-0.1, -0.05) is 0 Å². The zero-order valence-corrected chi connectivity index (χ0v) is 14.0. The molecule has 2 fully saturated rings. The Morgan fingerprint density at radius 2 is 1.88 bits per heavy atom. The summed E-state index contributed by atoms with van der Waals surface area (Å²) in [5, 5.41) is 5.84. The molecule has 0 unspecified atom stereocenters. The molecule has 1 saturated carbocycles. The molecule has 2 N–H and O–H groups in total. The van der Waals surface area contributed by atoms with E-state index in [1.54, 1.807) is 18.2 Å². The average molecular weight is 339 g/mol. The molecule has 1 aromatic carbocycles. The Morgan fingerprint density at radius 3 is 2.56 bits per heavy atom. The summed E-state index contributed by atoms with van der Waals surface area (Å²) in [6, 6.07) is 9.08. The van der Waals surface area contributed by atoms with Crippen LogP contribution in [0.15, 0.2) is 41.0 Å². The van der Waals surface area contributed by atoms with Crippen molar-refractivity contribution in [1.29, 1.82) is 0 Å². The van der Waals surface area contributed by atoms with Crippen molar-refractivity contribution in [3.05, 3.63) is 47.9 Å². The van der Waals surface area contributed by atoms with Crippen LogP contribution < -0.4 is 15.5 Å². The normalized spacial score (nSPS) is 16.7. The maximum absolute atomic E-state index is 12.7. The number of hydrogen-bond acceptors (Lipinski definition) is 4. The van der Waals surface area contributed by atoms with Crippen LogP contribution in [0.2, 0.25) is 0 Å². The Balaban J connectivity index is 1.59. The maximum atomic E-state index is 12.7. The molecule has 2 aromatic rings. The summed E-state index contributed by atoms with van der Waals surface area (Å²) in [4.78, 5) is 27.1. The van der Waals surface area contributed by atoms with Crippen LogP contribution in [0.1, 0.15) is 46.6 Å². The van der Waals surface area contributed by atoms with Gasteiger partial charge in [0.2, 0.25) is 0 Å². The van der Waals surface area contributed by atoms with E-state index >= 15 is 0 Å². The first kappa shape index (κ1) is 15.7. The number of amides is 2.